The number of hydrogen-bond acceptors (Lipinski definition) is 5. The van der Waals surface area contributed by atoms with Crippen molar-refractivity contribution in [2.45, 2.75) is 38.4 Å². The van der Waals surface area contributed by atoms with Gasteiger partial charge < -0.3 is 14.8 Å². The number of amides is 2. The number of nitrogens with one attached hydrogen (secondary N) is 1. The minimum atomic E-state index is -4.58. The van der Waals surface area contributed by atoms with Gasteiger partial charge in [0.05, 0.1) is 11.9 Å². The van der Waals surface area contributed by atoms with Gasteiger partial charge in [-0.1, -0.05) is 0 Å². The molecule has 0 spiro atoms. The Morgan fingerprint density at radius 3 is 2.00 bits per heavy atom. The van der Waals surface area contributed by atoms with Crippen LogP contribution in [0, 0.1) is 0 Å². The number of hydrogen-bond donors (Lipinski definition) is 1. The lowest BCUT2D eigenvalue weighted by Crippen LogP contribution is -2.38. The van der Waals surface area contributed by atoms with Crippen LogP contribution in [0.25, 0.3) is 0 Å². The summed E-state index contributed by atoms with van der Waals surface area (Å²) in [5.41, 5.74) is 0.114. The van der Waals surface area contributed by atoms with E-state index < -0.39 is 49.6 Å². The van der Waals surface area contributed by atoms with Crippen LogP contribution in [-0.2, 0) is 19.1 Å². The van der Waals surface area contributed by atoms with Crippen molar-refractivity contribution in [1.29, 1.82) is 0 Å². The molecule has 1 rings (SSSR count). The van der Waals surface area contributed by atoms with Gasteiger partial charge in [-0.15, -0.1) is 0 Å². The fourth-order valence-corrected chi connectivity index (χ4v) is 1.87. The van der Waals surface area contributed by atoms with Gasteiger partial charge in [-0.3, -0.25) is 14.5 Å². The highest BCUT2D eigenvalue weighted by Crippen LogP contribution is 2.19. The largest absolute Gasteiger partial charge is 0.411 e. The predicted octanol–water partition coefficient (Wildman–Crippen LogP) is 2.92. The summed E-state index contributed by atoms with van der Waals surface area (Å²) in [7, 11) is 1.27. The van der Waals surface area contributed by atoms with Crippen molar-refractivity contribution in [3.63, 3.8) is 0 Å². The van der Waals surface area contributed by atoms with Crippen molar-refractivity contribution in [3.05, 3.63) is 18.3 Å². The van der Waals surface area contributed by atoms with Crippen LogP contribution in [0.5, 0.6) is 0 Å². The number of pyridine rings is 1. The molecule has 0 saturated heterocycles. The number of alkyl halides is 6. The van der Waals surface area contributed by atoms with Crippen molar-refractivity contribution in [2.75, 3.05) is 30.5 Å². The molecule has 0 bridgehead atoms. The van der Waals surface area contributed by atoms with Gasteiger partial charge in [-0.2, -0.15) is 26.3 Å². The molecule has 0 aromatic carbocycles. The third-order valence-corrected chi connectivity index (χ3v) is 3.40. The first-order valence-electron chi connectivity index (χ1n) is 8.11. The van der Waals surface area contributed by atoms with Gasteiger partial charge in [0.2, 0.25) is 0 Å². The Morgan fingerprint density at radius 1 is 1.03 bits per heavy atom. The maximum Gasteiger partial charge on any atom is 0.411 e. The molecule has 2 unspecified atom stereocenters. The number of nitrogens with zero attached hydrogens (tertiary/aromatic N) is 2. The van der Waals surface area contributed by atoms with E-state index in [1.807, 2.05) is 0 Å². The minimum Gasteiger partial charge on any atom is -0.359 e. The number of anilines is 2. The summed E-state index contributed by atoms with van der Waals surface area (Å²) < 4.78 is 81.6. The van der Waals surface area contributed by atoms with E-state index in [4.69, 9.17) is 0 Å². The first kappa shape index (κ1) is 24.6. The summed E-state index contributed by atoms with van der Waals surface area (Å²) in [6, 6.07) is 2.59. The third-order valence-electron chi connectivity index (χ3n) is 3.40. The Kier molecular flexibility index (Phi) is 8.38. The van der Waals surface area contributed by atoms with E-state index in [0.717, 1.165) is 24.9 Å². The smallest absolute Gasteiger partial charge is 0.359 e. The van der Waals surface area contributed by atoms with Crippen molar-refractivity contribution in [2.24, 2.45) is 0 Å². The second kappa shape index (κ2) is 9.87. The molecule has 0 aliphatic carbocycles. The molecule has 0 aliphatic rings. The summed E-state index contributed by atoms with van der Waals surface area (Å²) in [5, 5.41) is 2.29. The normalized spacial score (nSPS) is 14.2. The summed E-state index contributed by atoms with van der Waals surface area (Å²) in [4.78, 5) is 28.7. The third kappa shape index (κ3) is 9.09. The first-order valence-corrected chi connectivity index (χ1v) is 8.11. The molecule has 2 atom stereocenters. The number of aromatic nitrogens is 1. The first-order chi connectivity index (χ1) is 13.2. The van der Waals surface area contributed by atoms with Gasteiger partial charge >= 0.3 is 12.4 Å². The van der Waals surface area contributed by atoms with Gasteiger partial charge in [-0.05, 0) is 26.0 Å². The average Bonchev–Trinajstić information content (AvgIpc) is 2.62. The van der Waals surface area contributed by atoms with E-state index >= 15 is 0 Å². The van der Waals surface area contributed by atoms with Gasteiger partial charge in [0, 0.05) is 7.05 Å². The Morgan fingerprint density at radius 2 is 1.55 bits per heavy atom. The molecule has 2 amide bonds. The highest BCUT2D eigenvalue weighted by molar-refractivity contribution is 5.96. The Bertz CT molecular complexity index is 693. The molecule has 1 N–H and O–H groups in total. The lowest BCUT2D eigenvalue weighted by Gasteiger charge is -2.21. The van der Waals surface area contributed by atoms with Crippen molar-refractivity contribution in [1.82, 2.24) is 4.98 Å². The topological polar surface area (TPSA) is 80.8 Å². The van der Waals surface area contributed by atoms with E-state index in [9.17, 15) is 35.9 Å². The van der Waals surface area contributed by atoms with Crippen LogP contribution < -0.4 is 10.2 Å². The van der Waals surface area contributed by atoms with E-state index in [1.165, 1.54) is 19.2 Å². The van der Waals surface area contributed by atoms with Crippen LogP contribution >= 0.6 is 0 Å². The monoisotopic (exact) mass is 431 g/mol. The second-order valence-corrected chi connectivity index (χ2v) is 5.93. The van der Waals surface area contributed by atoms with Crippen LogP contribution in [0.3, 0.4) is 0 Å². The molecule has 7 nitrogen and oxygen atoms in total. The van der Waals surface area contributed by atoms with Crippen molar-refractivity contribution >= 4 is 23.3 Å². The van der Waals surface area contributed by atoms with Crippen LogP contribution in [0.1, 0.15) is 13.8 Å². The molecular formula is C16H19F6N3O4. The summed E-state index contributed by atoms with van der Waals surface area (Å²) in [6.45, 7) is -0.875. The zero-order chi connectivity index (χ0) is 22.4. The Hall–Kier alpha value is -2.41. The van der Waals surface area contributed by atoms with E-state index in [-0.39, 0.29) is 11.5 Å². The van der Waals surface area contributed by atoms with Crippen LogP contribution in [-0.4, -0.2) is 61.6 Å². The Labute approximate surface area is 162 Å². The molecule has 0 saturated carbocycles. The number of halogens is 6. The average molecular weight is 431 g/mol. The zero-order valence-corrected chi connectivity index (χ0v) is 15.6. The quantitative estimate of drug-likeness (QED) is 0.641. The number of rotatable bonds is 8. The number of carbonyl (C=O) groups is 2. The predicted molar refractivity (Wildman–Crippen MR) is 89.2 cm³/mol. The van der Waals surface area contributed by atoms with E-state index in [1.54, 1.807) is 0 Å². The minimum absolute atomic E-state index is 0.0526. The maximum absolute atomic E-state index is 12.2. The van der Waals surface area contributed by atoms with Crippen LogP contribution in [0.4, 0.5) is 37.8 Å². The number of likely N-dealkylation sites (N-methyl/N-ethyl adjacent to an activating group) is 1. The lowest BCUT2D eigenvalue weighted by atomic mass is 10.3. The van der Waals surface area contributed by atoms with Crippen molar-refractivity contribution in [3.8, 4) is 0 Å². The fraction of sp³-hybridized carbons (Fsp3) is 0.562. The van der Waals surface area contributed by atoms with E-state index in [0.29, 0.717) is 0 Å². The lowest BCUT2D eigenvalue weighted by molar-refractivity contribution is -0.185. The summed E-state index contributed by atoms with van der Waals surface area (Å²) in [6.07, 6.45) is -10.8. The maximum atomic E-state index is 12.2. The molecule has 0 aliphatic heterocycles. The zero-order valence-electron chi connectivity index (χ0n) is 15.6. The molecule has 1 heterocycles. The highest BCUT2D eigenvalue weighted by Gasteiger charge is 2.31. The standard InChI is InChI=1S/C16H19F6N3O4/c1-9(28-7-15(17,18)19)13(26)24-11-4-5-12(23-6-11)25(3)14(27)10(2)29-8-16(20,21)22/h4-6,9-10H,7-8H2,1-3H3,(H,24,26). The second-order valence-electron chi connectivity index (χ2n) is 5.93. The molecule has 29 heavy (non-hydrogen) atoms. The molecule has 1 aromatic rings. The van der Waals surface area contributed by atoms with Gasteiger partial charge in [0.15, 0.2) is 0 Å². The summed E-state index contributed by atoms with van der Waals surface area (Å²) in [5.74, 6) is -1.58. The van der Waals surface area contributed by atoms with Crippen LogP contribution in [0.2, 0.25) is 0 Å². The molecule has 164 valence electrons. The molecular weight excluding hydrogens is 412 g/mol. The van der Waals surface area contributed by atoms with Gasteiger partial charge in [0.1, 0.15) is 31.2 Å². The Balaban J connectivity index is 2.63. The number of ether oxygens (including phenoxy) is 2. The fourth-order valence-electron chi connectivity index (χ4n) is 1.87. The molecule has 0 radical (unpaired) electrons. The SMILES string of the molecule is CC(OCC(F)(F)F)C(=O)Nc1ccc(N(C)C(=O)C(C)OCC(F)(F)F)nc1. The highest BCUT2D eigenvalue weighted by atomic mass is 19.4. The summed E-state index contributed by atoms with van der Waals surface area (Å²) >= 11 is 0. The van der Waals surface area contributed by atoms with Crippen LogP contribution in [0.15, 0.2) is 18.3 Å². The van der Waals surface area contributed by atoms with Gasteiger partial charge in [0.25, 0.3) is 11.8 Å². The van der Waals surface area contributed by atoms with Gasteiger partial charge in [-0.25, -0.2) is 4.98 Å². The molecule has 13 heteroatoms. The van der Waals surface area contributed by atoms with E-state index in [2.05, 4.69) is 19.8 Å². The molecule has 1 aromatic heterocycles. The molecule has 0 fully saturated rings. The van der Waals surface area contributed by atoms with Crippen molar-refractivity contribution < 1.29 is 45.4 Å². The number of carbonyl (C=O) groups excluding carboxylic acids is 2.